The molecule has 138 valence electrons. The van der Waals surface area contributed by atoms with Crippen molar-refractivity contribution in [1.82, 2.24) is 5.32 Å². The molecule has 2 aromatic carbocycles. The van der Waals surface area contributed by atoms with E-state index in [1.807, 2.05) is 54.6 Å². The minimum Gasteiger partial charge on any atom is -0.489 e. The minimum absolute atomic E-state index is 0.0150. The molecule has 3 N–H and O–H groups in total. The minimum atomic E-state index is -0.386. The van der Waals surface area contributed by atoms with Gasteiger partial charge in [-0.2, -0.15) is 0 Å². The molecule has 0 aliphatic carbocycles. The highest BCUT2D eigenvalue weighted by molar-refractivity contribution is 5.77. The van der Waals surface area contributed by atoms with Gasteiger partial charge < -0.3 is 20.5 Å². The van der Waals surface area contributed by atoms with E-state index in [9.17, 15) is 4.79 Å². The Morgan fingerprint density at radius 2 is 1.77 bits per heavy atom. The third kappa shape index (κ3) is 4.62. The third-order valence-corrected chi connectivity index (χ3v) is 4.75. The third-order valence-electron chi connectivity index (χ3n) is 4.75. The van der Waals surface area contributed by atoms with E-state index in [0.29, 0.717) is 32.8 Å². The molecule has 0 aromatic heterocycles. The van der Waals surface area contributed by atoms with E-state index in [1.54, 1.807) is 0 Å². The van der Waals surface area contributed by atoms with Crippen molar-refractivity contribution in [3.63, 3.8) is 0 Å². The smallest absolute Gasteiger partial charge is 0.221 e. The number of benzene rings is 2. The molecule has 0 radical (unpaired) electrons. The van der Waals surface area contributed by atoms with Crippen molar-refractivity contribution in [2.75, 3.05) is 19.8 Å². The highest BCUT2D eigenvalue weighted by atomic mass is 16.5. The zero-order valence-corrected chi connectivity index (χ0v) is 14.9. The maximum Gasteiger partial charge on any atom is 0.221 e. The van der Waals surface area contributed by atoms with Gasteiger partial charge in [0.15, 0.2) is 0 Å². The molecule has 5 heteroatoms. The van der Waals surface area contributed by atoms with Crippen molar-refractivity contribution >= 4 is 5.91 Å². The van der Waals surface area contributed by atoms with Crippen LogP contribution in [-0.4, -0.2) is 25.7 Å². The Morgan fingerprint density at radius 3 is 2.42 bits per heavy atom. The Bertz CT molecular complexity index is 695. The van der Waals surface area contributed by atoms with Crippen LogP contribution < -0.4 is 15.8 Å². The molecular formula is C21H26N2O3. The molecule has 1 heterocycles. The summed E-state index contributed by atoms with van der Waals surface area (Å²) < 4.78 is 11.4. The number of ether oxygens (including phenoxy) is 2. The summed E-state index contributed by atoms with van der Waals surface area (Å²) in [4.78, 5) is 12.2. The molecule has 0 saturated carbocycles. The summed E-state index contributed by atoms with van der Waals surface area (Å²) in [6.07, 6.45) is 1.85. The van der Waals surface area contributed by atoms with Crippen molar-refractivity contribution in [2.45, 2.75) is 31.4 Å². The number of nitrogens with one attached hydrogen (secondary N) is 1. The molecule has 0 atom stereocenters. The summed E-state index contributed by atoms with van der Waals surface area (Å²) >= 11 is 0. The number of amides is 1. The largest absolute Gasteiger partial charge is 0.489 e. The van der Waals surface area contributed by atoms with Crippen molar-refractivity contribution < 1.29 is 14.3 Å². The lowest BCUT2D eigenvalue weighted by atomic mass is 9.82. The molecule has 1 saturated heterocycles. The lowest BCUT2D eigenvalue weighted by Gasteiger charge is -2.38. The molecule has 2 aromatic rings. The summed E-state index contributed by atoms with van der Waals surface area (Å²) in [5.74, 6) is 0.798. The normalized spacial score (nSPS) is 16.0. The van der Waals surface area contributed by atoms with E-state index in [4.69, 9.17) is 15.2 Å². The van der Waals surface area contributed by atoms with Gasteiger partial charge in [-0.15, -0.1) is 0 Å². The van der Waals surface area contributed by atoms with E-state index in [1.165, 1.54) is 0 Å². The molecule has 0 unspecified atom stereocenters. The van der Waals surface area contributed by atoms with Crippen LogP contribution in [0.15, 0.2) is 54.6 Å². The number of hydrogen-bond acceptors (Lipinski definition) is 4. The van der Waals surface area contributed by atoms with Gasteiger partial charge in [0.1, 0.15) is 12.4 Å². The van der Waals surface area contributed by atoms with Crippen LogP contribution in [0.25, 0.3) is 0 Å². The van der Waals surface area contributed by atoms with E-state index in [-0.39, 0.29) is 11.4 Å². The number of nitrogens with two attached hydrogens (primary N) is 1. The van der Waals surface area contributed by atoms with Crippen molar-refractivity contribution in [3.8, 4) is 5.75 Å². The van der Waals surface area contributed by atoms with Crippen molar-refractivity contribution in [2.24, 2.45) is 5.73 Å². The summed E-state index contributed by atoms with van der Waals surface area (Å²) in [7, 11) is 0. The SMILES string of the molecule is NCCC(=O)NC1(c2ccc(OCc3ccccc3)cc2)CCOCC1. The fraction of sp³-hybridized carbons (Fsp3) is 0.381. The molecule has 1 aliphatic rings. The van der Waals surface area contributed by atoms with Crippen LogP contribution in [0.3, 0.4) is 0 Å². The topological polar surface area (TPSA) is 73.6 Å². The maximum atomic E-state index is 12.2. The molecule has 0 bridgehead atoms. The number of carbonyl (C=O) groups excluding carboxylic acids is 1. The van der Waals surface area contributed by atoms with Gasteiger partial charge in [-0.3, -0.25) is 4.79 Å². The highest BCUT2D eigenvalue weighted by Gasteiger charge is 2.35. The average molecular weight is 354 g/mol. The van der Waals surface area contributed by atoms with Crippen LogP contribution in [-0.2, 0) is 21.7 Å². The van der Waals surface area contributed by atoms with Crippen molar-refractivity contribution in [3.05, 3.63) is 65.7 Å². The van der Waals surface area contributed by atoms with Gasteiger partial charge in [-0.05, 0) is 36.1 Å². The van der Waals surface area contributed by atoms with Gasteiger partial charge >= 0.3 is 0 Å². The molecule has 1 aliphatic heterocycles. The van der Waals surface area contributed by atoms with E-state index in [2.05, 4.69) is 5.32 Å². The van der Waals surface area contributed by atoms with Gasteiger partial charge in [-0.25, -0.2) is 0 Å². The Labute approximate surface area is 154 Å². The van der Waals surface area contributed by atoms with Crippen molar-refractivity contribution in [1.29, 1.82) is 0 Å². The van der Waals surface area contributed by atoms with Gasteiger partial charge in [-0.1, -0.05) is 42.5 Å². The van der Waals surface area contributed by atoms with Gasteiger partial charge in [0.05, 0.1) is 5.54 Å². The first-order valence-corrected chi connectivity index (χ1v) is 9.08. The van der Waals surface area contributed by atoms with Crippen LogP contribution in [0.1, 0.15) is 30.4 Å². The monoisotopic (exact) mass is 354 g/mol. The highest BCUT2D eigenvalue weighted by Crippen LogP contribution is 2.33. The first-order chi connectivity index (χ1) is 12.7. The Hall–Kier alpha value is -2.37. The summed E-state index contributed by atoms with van der Waals surface area (Å²) in [6, 6.07) is 18.1. The predicted molar refractivity (Wildman–Crippen MR) is 101 cm³/mol. The van der Waals surface area contributed by atoms with Crippen LogP contribution >= 0.6 is 0 Å². The lowest BCUT2D eigenvalue weighted by Crippen LogP contribution is -2.49. The Balaban J connectivity index is 1.70. The molecule has 1 amide bonds. The molecule has 5 nitrogen and oxygen atoms in total. The zero-order chi connectivity index (χ0) is 18.2. The average Bonchev–Trinajstić information content (AvgIpc) is 2.68. The molecule has 26 heavy (non-hydrogen) atoms. The molecule has 0 spiro atoms. The number of carbonyl (C=O) groups is 1. The molecular weight excluding hydrogens is 328 g/mol. The second-order valence-electron chi connectivity index (χ2n) is 6.58. The lowest BCUT2D eigenvalue weighted by molar-refractivity contribution is -0.124. The second kappa shape index (κ2) is 8.83. The van der Waals surface area contributed by atoms with Crippen LogP contribution in [0.5, 0.6) is 5.75 Å². The fourth-order valence-corrected chi connectivity index (χ4v) is 3.28. The van der Waals surface area contributed by atoms with E-state index < -0.39 is 0 Å². The Kier molecular flexibility index (Phi) is 6.26. The van der Waals surface area contributed by atoms with Crippen LogP contribution in [0.4, 0.5) is 0 Å². The first-order valence-electron chi connectivity index (χ1n) is 9.08. The molecule has 3 rings (SSSR count). The van der Waals surface area contributed by atoms with Crippen LogP contribution in [0, 0.1) is 0 Å². The van der Waals surface area contributed by atoms with E-state index in [0.717, 1.165) is 29.7 Å². The maximum absolute atomic E-state index is 12.2. The number of hydrogen-bond donors (Lipinski definition) is 2. The predicted octanol–water partition coefficient (Wildman–Crippen LogP) is 2.74. The van der Waals surface area contributed by atoms with Gasteiger partial charge in [0.2, 0.25) is 5.91 Å². The fourth-order valence-electron chi connectivity index (χ4n) is 3.28. The summed E-state index contributed by atoms with van der Waals surface area (Å²) in [5, 5.41) is 3.19. The van der Waals surface area contributed by atoms with Gasteiger partial charge in [0.25, 0.3) is 0 Å². The standard InChI is InChI=1S/C21H26N2O3/c22-13-10-20(24)23-21(11-14-25-15-12-21)18-6-8-19(9-7-18)26-16-17-4-2-1-3-5-17/h1-9H,10-16,22H2,(H,23,24). The Morgan fingerprint density at radius 1 is 1.08 bits per heavy atom. The number of rotatable bonds is 7. The quantitative estimate of drug-likeness (QED) is 0.802. The zero-order valence-electron chi connectivity index (χ0n) is 14.9. The summed E-state index contributed by atoms with van der Waals surface area (Å²) in [5.41, 5.74) is 7.34. The summed E-state index contributed by atoms with van der Waals surface area (Å²) in [6.45, 7) is 2.15. The van der Waals surface area contributed by atoms with Gasteiger partial charge in [0, 0.05) is 26.2 Å². The first kappa shape index (κ1) is 18.4. The van der Waals surface area contributed by atoms with E-state index >= 15 is 0 Å². The second-order valence-corrected chi connectivity index (χ2v) is 6.58. The van der Waals surface area contributed by atoms with Crippen LogP contribution in [0.2, 0.25) is 0 Å². The molecule has 1 fully saturated rings.